The number of amides is 1. The van der Waals surface area contributed by atoms with Gasteiger partial charge in [-0.15, -0.1) is 0 Å². The van der Waals surface area contributed by atoms with Crippen molar-refractivity contribution in [1.29, 1.82) is 0 Å². The number of nitrogens with one attached hydrogen (secondary N) is 1. The number of nitrogens with zero attached hydrogens (tertiary/aromatic N) is 6. The van der Waals surface area contributed by atoms with E-state index in [0.29, 0.717) is 40.3 Å². The van der Waals surface area contributed by atoms with Gasteiger partial charge in [0.05, 0.1) is 22.3 Å². The second-order valence-electron chi connectivity index (χ2n) is 8.92. The number of para-hydroxylation sites is 1. The molecule has 0 atom stereocenters. The zero-order chi connectivity index (χ0) is 25.1. The summed E-state index contributed by atoms with van der Waals surface area (Å²) < 4.78 is 3.21. The molecule has 0 spiro atoms. The van der Waals surface area contributed by atoms with Gasteiger partial charge in [-0.1, -0.05) is 37.7 Å². The summed E-state index contributed by atoms with van der Waals surface area (Å²) in [5.74, 6) is 1.17. The van der Waals surface area contributed by atoms with Crippen LogP contribution in [-0.4, -0.2) is 41.0 Å². The second-order valence-corrected chi connectivity index (χ2v) is 9.86. The van der Waals surface area contributed by atoms with Gasteiger partial charge in [-0.05, 0) is 51.3 Å². The van der Waals surface area contributed by atoms with Crippen LogP contribution < -0.4 is 10.9 Å². The van der Waals surface area contributed by atoms with Crippen LogP contribution in [0.5, 0.6) is 0 Å². The molecule has 0 aliphatic carbocycles. The average Bonchev–Trinajstić information content (AvgIpc) is 3.16. The fourth-order valence-electron chi connectivity index (χ4n) is 3.69. The Morgan fingerprint density at radius 2 is 1.74 bits per heavy atom. The molecule has 4 rings (SSSR count). The number of anilines is 1. The average molecular weight is 492 g/mol. The number of aromatic nitrogens is 6. The largest absolute Gasteiger partial charge is 0.310 e. The van der Waals surface area contributed by atoms with Crippen molar-refractivity contribution in [2.24, 2.45) is 5.92 Å². The Labute approximate surface area is 208 Å². The van der Waals surface area contributed by atoms with Crippen molar-refractivity contribution < 1.29 is 4.79 Å². The summed E-state index contributed by atoms with van der Waals surface area (Å²) in [5.41, 5.74) is 2.90. The van der Waals surface area contributed by atoms with E-state index in [9.17, 15) is 9.59 Å². The van der Waals surface area contributed by atoms with Gasteiger partial charge in [0.1, 0.15) is 5.82 Å². The van der Waals surface area contributed by atoms with Crippen molar-refractivity contribution in [1.82, 2.24) is 29.3 Å². The lowest BCUT2D eigenvalue weighted by Gasteiger charge is -2.14. The molecule has 1 amide bonds. The van der Waals surface area contributed by atoms with Gasteiger partial charge in [-0.3, -0.25) is 14.2 Å². The van der Waals surface area contributed by atoms with E-state index >= 15 is 0 Å². The zero-order valence-electron chi connectivity index (χ0n) is 20.6. The molecule has 0 aliphatic heterocycles. The summed E-state index contributed by atoms with van der Waals surface area (Å²) in [6.07, 6.45) is 0.841. The van der Waals surface area contributed by atoms with E-state index in [4.69, 9.17) is 0 Å². The number of benzene rings is 1. The van der Waals surface area contributed by atoms with Gasteiger partial charge >= 0.3 is 0 Å². The Kier molecular flexibility index (Phi) is 7.30. The summed E-state index contributed by atoms with van der Waals surface area (Å²) in [6, 6.07) is 11.0. The van der Waals surface area contributed by atoms with E-state index in [1.165, 1.54) is 16.4 Å². The van der Waals surface area contributed by atoms with Gasteiger partial charge in [-0.25, -0.2) is 15.0 Å². The lowest BCUT2D eigenvalue weighted by molar-refractivity contribution is -0.113. The van der Waals surface area contributed by atoms with Crippen LogP contribution in [0, 0.1) is 26.7 Å². The van der Waals surface area contributed by atoms with Crippen molar-refractivity contribution in [2.75, 3.05) is 11.1 Å². The SMILES string of the molecule is Cc1cc(C)nc(-n2nc(C)cc2NC(=O)CSc2nc3ccccc3c(=O)n2CCC(C)C)n1. The first-order valence-corrected chi connectivity index (χ1v) is 12.5. The smallest absolute Gasteiger partial charge is 0.262 e. The third-order valence-electron chi connectivity index (χ3n) is 5.35. The minimum Gasteiger partial charge on any atom is -0.310 e. The molecule has 0 radical (unpaired) electrons. The first-order valence-electron chi connectivity index (χ1n) is 11.5. The minimum absolute atomic E-state index is 0.0835. The van der Waals surface area contributed by atoms with Gasteiger partial charge in [-0.2, -0.15) is 9.78 Å². The first kappa shape index (κ1) is 24.6. The molecular formula is C25H29N7O2S. The number of carbonyl (C=O) groups excluding carboxylic acids is 1. The van der Waals surface area contributed by atoms with Crippen LogP contribution in [0.15, 0.2) is 46.3 Å². The van der Waals surface area contributed by atoms with E-state index in [0.717, 1.165) is 23.5 Å². The molecule has 0 unspecified atom stereocenters. The number of aryl methyl sites for hydroxylation is 3. The number of fused-ring (bicyclic) bond motifs is 1. The van der Waals surface area contributed by atoms with Gasteiger partial charge in [0, 0.05) is 24.0 Å². The van der Waals surface area contributed by atoms with E-state index < -0.39 is 0 Å². The molecule has 1 N–H and O–H groups in total. The predicted molar refractivity (Wildman–Crippen MR) is 138 cm³/mol. The Morgan fingerprint density at radius 1 is 1.03 bits per heavy atom. The number of carbonyl (C=O) groups is 1. The predicted octanol–water partition coefficient (Wildman–Crippen LogP) is 4.07. The van der Waals surface area contributed by atoms with Gasteiger partial charge in [0.25, 0.3) is 11.5 Å². The number of thioether (sulfide) groups is 1. The molecule has 0 bridgehead atoms. The molecule has 0 saturated heterocycles. The monoisotopic (exact) mass is 491 g/mol. The van der Waals surface area contributed by atoms with Crippen molar-refractivity contribution in [3.63, 3.8) is 0 Å². The molecule has 35 heavy (non-hydrogen) atoms. The molecular weight excluding hydrogens is 462 g/mol. The molecule has 0 fully saturated rings. The number of rotatable bonds is 8. The standard InChI is InChI=1S/C25H29N7O2S/c1-15(2)10-11-31-23(34)19-8-6-7-9-20(19)28-25(31)35-14-22(33)29-21-13-18(5)30-32(21)24-26-16(3)12-17(4)27-24/h6-9,12-13,15H,10-11,14H2,1-5H3,(H,29,33). The highest BCUT2D eigenvalue weighted by atomic mass is 32.2. The summed E-state index contributed by atoms with van der Waals surface area (Å²) in [6.45, 7) is 10.4. The first-order chi connectivity index (χ1) is 16.7. The number of hydrogen-bond acceptors (Lipinski definition) is 7. The lowest BCUT2D eigenvalue weighted by atomic mass is 10.1. The molecule has 0 aliphatic rings. The van der Waals surface area contributed by atoms with Crippen molar-refractivity contribution in [3.8, 4) is 5.95 Å². The molecule has 9 nitrogen and oxygen atoms in total. The molecule has 0 saturated carbocycles. The maximum atomic E-state index is 13.1. The van der Waals surface area contributed by atoms with Crippen molar-refractivity contribution >= 4 is 34.4 Å². The van der Waals surface area contributed by atoms with E-state index in [1.807, 2.05) is 45.0 Å². The highest BCUT2D eigenvalue weighted by Crippen LogP contribution is 2.20. The van der Waals surface area contributed by atoms with Crippen LogP contribution in [0.2, 0.25) is 0 Å². The normalized spacial score (nSPS) is 11.4. The Hall–Kier alpha value is -3.53. The summed E-state index contributed by atoms with van der Waals surface area (Å²) >= 11 is 1.25. The lowest BCUT2D eigenvalue weighted by Crippen LogP contribution is -2.25. The molecule has 3 aromatic heterocycles. The minimum atomic E-state index is -0.238. The Bertz CT molecular complexity index is 1420. The summed E-state index contributed by atoms with van der Waals surface area (Å²) in [5, 5.41) is 8.47. The maximum absolute atomic E-state index is 13.1. The number of hydrogen-bond donors (Lipinski definition) is 1. The van der Waals surface area contributed by atoms with E-state index in [1.54, 1.807) is 16.7 Å². The second kappa shape index (κ2) is 10.4. The maximum Gasteiger partial charge on any atom is 0.262 e. The topological polar surface area (TPSA) is 108 Å². The molecule has 1 aromatic carbocycles. The van der Waals surface area contributed by atoms with Crippen LogP contribution in [0.25, 0.3) is 16.9 Å². The quantitative estimate of drug-likeness (QED) is 0.292. The fourth-order valence-corrected chi connectivity index (χ4v) is 4.52. The van der Waals surface area contributed by atoms with E-state index in [2.05, 4.69) is 39.2 Å². The van der Waals surface area contributed by atoms with Crippen LogP contribution in [0.1, 0.15) is 37.4 Å². The fraction of sp³-hybridized carbons (Fsp3) is 0.360. The Balaban J connectivity index is 1.56. The Morgan fingerprint density at radius 3 is 2.46 bits per heavy atom. The third kappa shape index (κ3) is 5.76. The highest BCUT2D eigenvalue weighted by molar-refractivity contribution is 7.99. The van der Waals surface area contributed by atoms with Gasteiger partial charge < -0.3 is 5.32 Å². The molecule has 182 valence electrons. The van der Waals surface area contributed by atoms with Gasteiger partial charge in [0.15, 0.2) is 5.16 Å². The molecule has 3 heterocycles. The van der Waals surface area contributed by atoms with Crippen molar-refractivity contribution in [2.45, 2.75) is 52.7 Å². The van der Waals surface area contributed by atoms with Crippen LogP contribution >= 0.6 is 11.8 Å². The van der Waals surface area contributed by atoms with Crippen LogP contribution in [-0.2, 0) is 11.3 Å². The van der Waals surface area contributed by atoms with Crippen LogP contribution in [0.4, 0.5) is 5.82 Å². The van der Waals surface area contributed by atoms with E-state index in [-0.39, 0.29) is 17.2 Å². The van der Waals surface area contributed by atoms with Gasteiger partial charge in [0.2, 0.25) is 5.91 Å². The summed E-state index contributed by atoms with van der Waals surface area (Å²) in [7, 11) is 0. The highest BCUT2D eigenvalue weighted by Gasteiger charge is 2.17. The zero-order valence-corrected chi connectivity index (χ0v) is 21.4. The molecule has 10 heteroatoms. The molecule has 4 aromatic rings. The van der Waals surface area contributed by atoms with Crippen molar-refractivity contribution in [3.05, 3.63) is 63.8 Å². The third-order valence-corrected chi connectivity index (χ3v) is 6.32. The van der Waals surface area contributed by atoms with Crippen LogP contribution in [0.3, 0.4) is 0 Å². The summed E-state index contributed by atoms with van der Waals surface area (Å²) in [4.78, 5) is 39.6.